The highest BCUT2D eigenvalue weighted by molar-refractivity contribution is 6.31. The summed E-state index contributed by atoms with van der Waals surface area (Å²) in [5, 5.41) is 6.05. The Morgan fingerprint density at radius 3 is 2.65 bits per heavy atom. The van der Waals surface area contributed by atoms with Crippen molar-refractivity contribution in [1.82, 2.24) is 5.32 Å². The van der Waals surface area contributed by atoms with Crippen LogP contribution < -0.4 is 20.1 Å². The first kappa shape index (κ1) is 17.0. The van der Waals surface area contributed by atoms with Crippen molar-refractivity contribution in [2.75, 3.05) is 25.6 Å². The van der Waals surface area contributed by atoms with Crippen molar-refractivity contribution in [1.29, 1.82) is 0 Å². The molecule has 0 aliphatic carbocycles. The van der Waals surface area contributed by atoms with Crippen LogP contribution in [0, 0.1) is 6.92 Å². The number of carbonyl (C=O) groups excluding carboxylic acids is 1. The zero-order valence-electron chi connectivity index (χ0n) is 13.1. The van der Waals surface area contributed by atoms with Crippen molar-refractivity contribution in [3.63, 3.8) is 0 Å². The van der Waals surface area contributed by atoms with Crippen LogP contribution in [0.25, 0.3) is 0 Å². The predicted octanol–water partition coefficient (Wildman–Crippen LogP) is 3.86. The number of urea groups is 1. The van der Waals surface area contributed by atoms with Crippen LogP contribution in [0.2, 0.25) is 5.02 Å². The van der Waals surface area contributed by atoms with Gasteiger partial charge in [-0.05, 0) is 30.7 Å². The lowest BCUT2D eigenvalue weighted by atomic mass is 10.2. The second kappa shape index (κ2) is 8.29. The van der Waals surface area contributed by atoms with Crippen molar-refractivity contribution in [3.05, 3.63) is 53.1 Å². The van der Waals surface area contributed by atoms with Crippen molar-refractivity contribution in [2.45, 2.75) is 6.92 Å². The van der Waals surface area contributed by atoms with E-state index in [4.69, 9.17) is 21.1 Å². The summed E-state index contributed by atoms with van der Waals surface area (Å²) in [6.45, 7) is 2.63. The van der Waals surface area contributed by atoms with Crippen LogP contribution in [0.1, 0.15) is 5.56 Å². The number of ether oxygens (including phenoxy) is 2. The second-order valence-electron chi connectivity index (χ2n) is 4.84. The van der Waals surface area contributed by atoms with Gasteiger partial charge in [0, 0.05) is 11.1 Å². The average molecular weight is 335 g/mol. The lowest BCUT2D eigenvalue weighted by molar-refractivity contribution is 0.247. The molecule has 2 amide bonds. The molecule has 0 atom stereocenters. The van der Waals surface area contributed by atoms with Crippen LogP contribution in [0.15, 0.2) is 42.5 Å². The fraction of sp³-hybridized carbons (Fsp3) is 0.235. The van der Waals surface area contributed by atoms with Gasteiger partial charge in [0.25, 0.3) is 0 Å². The van der Waals surface area contributed by atoms with E-state index in [1.165, 1.54) is 7.11 Å². The zero-order chi connectivity index (χ0) is 16.7. The SMILES string of the molecule is COc1cc(Cl)c(C)cc1NC(=O)NCCOc1ccccc1. The highest BCUT2D eigenvalue weighted by Gasteiger charge is 2.10. The molecule has 5 nitrogen and oxygen atoms in total. The van der Waals surface area contributed by atoms with Gasteiger partial charge in [0.05, 0.1) is 19.3 Å². The van der Waals surface area contributed by atoms with Crippen LogP contribution >= 0.6 is 11.6 Å². The molecule has 122 valence electrons. The Hall–Kier alpha value is -2.40. The summed E-state index contributed by atoms with van der Waals surface area (Å²) in [7, 11) is 1.53. The third kappa shape index (κ3) is 5.07. The molecule has 0 radical (unpaired) electrons. The number of benzene rings is 2. The van der Waals surface area contributed by atoms with E-state index in [1.807, 2.05) is 37.3 Å². The maximum Gasteiger partial charge on any atom is 0.319 e. The van der Waals surface area contributed by atoms with E-state index in [2.05, 4.69) is 10.6 Å². The van der Waals surface area contributed by atoms with E-state index in [-0.39, 0.29) is 6.03 Å². The lowest BCUT2D eigenvalue weighted by Crippen LogP contribution is -2.32. The predicted molar refractivity (Wildman–Crippen MR) is 91.7 cm³/mol. The first-order valence-electron chi connectivity index (χ1n) is 7.17. The molecule has 0 aliphatic heterocycles. The number of nitrogens with one attached hydrogen (secondary N) is 2. The smallest absolute Gasteiger partial charge is 0.319 e. The number of amides is 2. The number of hydrogen-bond donors (Lipinski definition) is 2. The zero-order valence-corrected chi connectivity index (χ0v) is 13.8. The van der Waals surface area contributed by atoms with Crippen LogP contribution in [0.4, 0.5) is 10.5 Å². The molecule has 6 heteroatoms. The van der Waals surface area contributed by atoms with Crippen LogP contribution in [0.5, 0.6) is 11.5 Å². The van der Waals surface area contributed by atoms with E-state index >= 15 is 0 Å². The number of para-hydroxylation sites is 1. The van der Waals surface area contributed by atoms with E-state index in [0.29, 0.717) is 29.6 Å². The Bertz CT molecular complexity index is 662. The summed E-state index contributed by atoms with van der Waals surface area (Å²) in [5.74, 6) is 1.28. The van der Waals surface area contributed by atoms with Gasteiger partial charge in [-0.1, -0.05) is 29.8 Å². The van der Waals surface area contributed by atoms with E-state index in [9.17, 15) is 4.79 Å². The van der Waals surface area contributed by atoms with Gasteiger partial charge in [0.2, 0.25) is 0 Å². The lowest BCUT2D eigenvalue weighted by Gasteiger charge is -2.13. The molecule has 0 bridgehead atoms. The minimum Gasteiger partial charge on any atom is -0.495 e. The molecule has 2 aromatic carbocycles. The molecule has 0 saturated heterocycles. The molecule has 0 aliphatic rings. The second-order valence-corrected chi connectivity index (χ2v) is 5.25. The maximum absolute atomic E-state index is 11.9. The quantitative estimate of drug-likeness (QED) is 0.789. The van der Waals surface area contributed by atoms with E-state index in [0.717, 1.165) is 11.3 Å². The van der Waals surface area contributed by atoms with Gasteiger partial charge in [-0.3, -0.25) is 0 Å². The number of anilines is 1. The average Bonchev–Trinajstić information content (AvgIpc) is 2.56. The van der Waals surface area contributed by atoms with Crippen LogP contribution in [0.3, 0.4) is 0 Å². The molecule has 0 spiro atoms. The first-order valence-corrected chi connectivity index (χ1v) is 7.55. The van der Waals surface area contributed by atoms with E-state index in [1.54, 1.807) is 12.1 Å². The molecule has 2 aromatic rings. The van der Waals surface area contributed by atoms with Crippen LogP contribution in [-0.4, -0.2) is 26.3 Å². The minimum absolute atomic E-state index is 0.332. The summed E-state index contributed by atoms with van der Waals surface area (Å²) >= 11 is 6.04. The molecular formula is C17H19ClN2O3. The maximum atomic E-state index is 11.9. The van der Waals surface area contributed by atoms with Crippen molar-refractivity contribution in [2.24, 2.45) is 0 Å². The summed E-state index contributed by atoms with van der Waals surface area (Å²) in [6, 6.07) is 12.5. The largest absolute Gasteiger partial charge is 0.495 e. The van der Waals surface area contributed by atoms with Crippen molar-refractivity contribution in [3.8, 4) is 11.5 Å². The molecule has 2 rings (SSSR count). The number of hydrogen-bond acceptors (Lipinski definition) is 3. The third-order valence-corrected chi connectivity index (χ3v) is 3.54. The van der Waals surface area contributed by atoms with Crippen molar-refractivity contribution >= 4 is 23.3 Å². The van der Waals surface area contributed by atoms with Gasteiger partial charge < -0.3 is 20.1 Å². The molecule has 23 heavy (non-hydrogen) atoms. The van der Waals surface area contributed by atoms with Crippen molar-refractivity contribution < 1.29 is 14.3 Å². The number of rotatable bonds is 6. The Kier molecular flexibility index (Phi) is 6.11. The van der Waals surface area contributed by atoms with Gasteiger partial charge in [0.1, 0.15) is 18.1 Å². The molecular weight excluding hydrogens is 316 g/mol. The minimum atomic E-state index is -0.332. The molecule has 0 unspecified atom stereocenters. The third-order valence-electron chi connectivity index (χ3n) is 3.13. The van der Waals surface area contributed by atoms with Gasteiger partial charge in [-0.15, -0.1) is 0 Å². The Balaban J connectivity index is 1.82. The standard InChI is InChI=1S/C17H19ClN2O3/c1-12-10-15(16(22-2)11-14(12)18)20-17(21)19-8-9-23-13-6-4-3-5-7-13/h3-7,10-11H,8-9H2,1-2H3,(H2,19,20,21). The number of methoxy groups -OCH3 is 1. The van der Waals surface area contributed by atoms with E-state index < -0.39 is 0 Å². The van der Waals surface area contributed by atoms with Gasteiger partial charge >= 0.3 is 6.03 Å². The Morgan fingerprint density at radius 2 is 1.96 bits per heavy atom. The summed E-state index contributed by atoms with van der Waals surface area (Å²) in [4.78, 5) is 11.9. The Morgan fingerprint density at radius 1 is 1.22 bits per heavy atom. The number of aryl methyl sites for hydroxylation is 1. The van der Waals surface area contributed by atoms with Gasteiger partial charge in [-0.25, -0.2) is 4.79 Å². The fourth-order valence-corrected chi connectivity index (χ4v) is 2.10. The first-order chi connectivity index (χ1) is 11.1. The molecule has 0 aromatic heterocycles. The highest BCUT2D eigenvalue weighted by Crippen LogP contribution is 2.30. The van der Waals surface area contributed by atoms with Gasteiger partial charge in [-0.2, -0.15) is 0 Å². The Labute approximate surface area is 140 Å². The van der Waals surface area contributed by atoms with Crippen LogP contribution in [-0.2, 0) is 0 Å². The summed E-state index contributed by atoms with van der Waals surface area (Å²) < 4.78 is 10.7. The van der Waals surface area contributed by atoms with Gasteiger partial charge in [0.15, 0.2) is 0 Å². The topological polar surface area (TPSA) is 59.6 Å². The molecule has 2 N–H and O–H groups in total. The molecule has 0 heterocycles. The normalized spacial score (nSPS) is 10.0. The number of halogens is 1. The monoisotopic (exact) mass is 334 g/mol. The highest BCUT2D eigenvalue weighted by atomic mass is 35.5. The summed E-state index contributed by atoms with van der Waals surface area (Å²) in [5.41, 5.74) is 1.42. The molecule has 0 fully saturated rings. The fourth-order valence-electron chi connectivity index (χ4n) is 1.95. The molecule has 0 saturated carbocycles. The summed E-state index contributed by atoms with van der Waals surface area (Å²) in [6.07, 6.45) is 0. The number of carbonyl (C=O) groups is 1.